The molecule has 0 spiro atoms. The zero-order valence-electron chi connectivity index (χ0n) is 10.0. The number of hydrogen-bond donors (Lipinski definition) is 0. The third kappa shape index (κ3) is 1.93. The number of fused-ring (bicyclic) bond motifs is 1. The summed E-state index contributed by atoms with van der Waals surface area (Å²) in [5.41, 5.74) is 2.49. The topological polar surface area (TPSA) is 22.1 Å². The van der Waals surface area contributed by atoms with Crippen molar-refractivity contribution in [2.75, 3.05) is 6.61 Å². The van der Waals surface area contributed by atoms with Crippen molar-refractivity contribution in [3.63, 3.8) is 0 Å². The third-order valence-electron chi connectivity index (χ3n) is 3.30. The minimum atomic E-state index is -0.230. The zero-order valence-corrected chi connectivity index (χ0v) is 11.6. The molecule has 1 atom stereocenters. The van der Waals surface area contributed by atoms with Gasteiger partial charge in [-0.2, -0.15) is 0 Å². The fourth-order valence-corrected chi connectivity index (χ4v) is 2.93. The summed E-state index contributed by atoms with van der Waals surface area (Å²) in [5, 5.41) is 0.585. The van der Waals surface area contributed by atoms with E-state index >= 15 is 0 Å². The van der Waals surface area contributed by atoms with Gasteiger partial charge in [0.15, 0.2) is 0 Å². The SMILES string of the molecule is Cc1cc(C2CCCO2)c2c(F)ccc(Br)c2n1. The van der Waals surface area contributed by atoms with Gasteiger partial charge in [-0.05, 0) is 59.5 Å². The molecule has 1 fully saturated rings. The van der Waals surface area contributed by atoms with Crippen LogP contribution in [-0.2, 0) is 4.74 Å². The van der Waals surface area contributed by atoms with Crippen LogP contribution >= 0.6 is 15.9 Å². The molecule has 18 heavy (non-hydrogen) atoms. The summed E-state index contributed by atoms with van der Waals surface area (Å²) < 4.78 is 20.6. The van der Waals surface area contributed by atoms with Crippen molar-refractivity contribution in [1.82, 2.24) is 4.98 Å². The predicted octanol–water partition coefficient (Wildman–Crippen LogP) is 4.30. The largest absolute Gasteiger partial charge is 0.374 e. The smallest absolute Gasteiger partial charge is 0.133 e. The lowest BCUT2D eigenvalue weighted by atomic mass is 10.0. The van der Waals surface area contributed by atoms with Crippen LogP contribution in [0.2, 0.25) is 0 Å². The van der Waals surface area contributed by atoms with E-state index in [1.54, 1.807) is 6.07 Å². The predicted molar refractivity (Wildman–Crippen MR) is 72.1 cm³/mol. The van der Waals surface area contributed by atoms with Gasteiger partial charge < -0.3 is 4.74 Å². The van der Waals surface area contributed by atoms with Crippen molar-refractivity contribution in [3.05, 3.63) is 39.7 Å². The molecule has 0 amide bonds. The van der Waals surface area contributed by atoms with Gasteiger partial charge in [-0.3, -0.25) is 4.98 Å². The highest BCUT2D eigenvalue weighted by molar-refractivity contribution is 9.10. The second kappa shape index (κ2) is 4.59. The molecule has 1 aromatic carbocycles. The molecule has 2 aromatic rings. The number of benzene rings is 1. The van der Waals surface area contributed by atoms with E-state index < -0.39 is 0 Å². The van der Waals surface area contributed by atoms with Crippen LogP contribution in [0.25, 0.3) is 10.9 Å². The molecule has 0 saturated carbocycles. The van der Waals surface area contributed by atoms with E-state index in [9.17, 15) is 4.39 Å². The van der Waals surface area contributed by atoms with Crippen molar-refractivity contribution in [2.45, 2.75) is 25.9 Å². The van der Waals surface area contributed by atoms with Gasteiger partial charge in [0.05, 0.1) is 11.6 Å². The summed E-state index contributed by atoms with van der Waals surface area (Å²) in [7, 11) is 0. The van der Waals surface area contributed by atoms with E-state index in [2.05, 4.69) is 20.9 Å². The molecule has 0 N–H and O–H groups in total. The Morgan fingerprint density at radius 2 is 2.28 bits per heavy atom. The quantitative estimate of drug-likeness (QED) is 0.783. The lowest BCUT2D eigenvalue weighted by molar-refractivity contribution is 0.113. The number of aromatic nitrogens is 1. The van der Waals surface area contributed by atoms with Crippen molar-refractivity contribution >= 4 is 26.8 Å². The van der Waals surface area contributed by atoms with E-state index in [0.717, 1.165) is 35.2 Å². The van der Waals surface area contributed by atoms with Gasteiger partial charge in [0.2, 0.25) is 0 Å². The Morgan fingerprint density at radius 1 is 1.44 bits per heavy atom. The second-order valence-corrected chi connectivity index (χ2v) is 5.46. The number of ether oxygens (including phenoxy) is 1. The molecule has 1 saturated heterocycles. The highest BCUT2D eigenvalue weighted by atomic mass is 79.9. The van der Waals surface area contributed by atoms with Crippen LogP contribution < -0.4 is 0 Å². The van der Waals surface area contributed by atoms with E-state index in [1.807, 2.05) is 13.0 Å². The van der Waals surface area contributed by atoms with E-state index in [-0.39, 0.29) is 11.9 Å². The standard InChI is InChI=1S/C14H13BrFNO/c1-8-7-9(12-3-2-6-18-12)13-11(16)5-4-10(15)14(13)17-8/h4-5,7,12H,2-3,6H2,1H3. The Labute approximate surface area is 113 Å². The summed E-state index contributed by atoms with van der Waals surface area (Å²) >= 11 is 3.44. The van der Waals surface area contributed by atoms with Crippen molar-refractivity contribution < 1.29 is 9.13 Å². The first-order chi connectivity index (χ1) is 8.66. The summed E-state index contributed by atoms with van der Waals surface area (Å²) in [6.45, 7) is 2.68. The fraction of sp³-hybridized carbons (Fsp3) is 0.357. The van der Waals surface area contributed by atoms with Crippen LogP contribution in [0.3, 0.4) is 0 Å². The average molecular weight is 310 g/mol. The number of halogens is 2. The van der Waals surface area contributed by atoms with Gasteiger partial charge in [0, 0.05) is 22.2 Å². The first kappa shape index (κ1) is 12.1. The van der Waals surface area contributed by atoms with Gasteiger partial charge in [-0.15, -0.1) is 0 Å². The summed E-state index contributed by atoms with van der Waals surface area (Å²) in [6, 6.07) is 5.11. The molecule has 1 aliphatic rings. The van der Waals surface area contributed by atoms with Crippen LogP contribution in [0.5, 0.6) is 0 Å². The highest BCUT2D eigenvalue weighted by Gasteiger charge is 2.23. The molecule has 0 aliphatic carbocycles. The average Bonchev–Trinajstić information content (AvgIpc) is 2.86. The lowest BCUT2D eigenvalue weighted by Gasteiger charge is -2.15. The maximum Gasteiger partial charge on any atom is 0.133 e. The van der Waals surface area contributed by atoms with Crippen LogP contribution in [0, 0.1) is 12.7 Å². The Morgan fingerprint density at radius 3 is 3.00 bits per heavy atom. The molecule has 1 unspecified atom stereocenters. The Balaban J connectivity index is 2.32. The zero-order chi connectivity index (χ0) is 12.7. The number of aryl methyl sites for hydroxylation is 1. The van der Waals surface area contributed by atoms with Crippen LogP contribution in [-0.4, -0.2) is 11.6 Å². The monoisotopic (exact) mass is 309 g/mol. The first-order valence-corrected chi connectivity index (χ1v) is 6.83. The number of pyridine rings is 1. The van der Waals surface area contributed by atoms with Crippen LogP contribution in [0.1, 0.15) is 30.2 Å². The van der Waals surface area contributed by atoms with Gasteiger partial charge in [-0.25, -0.2) is 4.39 Å². The Hall–Kier alpha value is -1.00. The minimum absolute atomic E-state index is 0.00185. The summed E-state index contributed by atoms with van der Waals surface area (Å²) in [4.78, 5) is 4.43. The summed E-state index contributed by atoms with van der Waals surface area (Å²) in [5.74, 6) is -0.230. The molecule has 3 rings (SSSR count). The molecule has 2 nitrogen and oxygen atoms in total. The molecule has 4 heteroatoms. The number of hydrogen-bond acceptors (Lipinski definition) is 2. The maximum atomic E-state index is 14.1. The molecule has 0 radical (unpaired) electrons. The van der Waals surface area contributed by atoms with Gasteiger partial charge in [-0.1, -0.05) is 0 Å². The molecule has 94 valence electrons. The number of rotatable bonds is 1. The van der Waals surface area contributed by atoms with Gasteiger partial charge in [0.25, 0.3) is 0 Å². The van der Waals surface area contributed by atoms with Crippen LogP contribution in [0.15, 0.2) is 22.7 Å². The lowest BCUT2D eigenvalue weighted by Crippen LogP contribution is -2.01. The van der Waals surface area contributed by atoms with Crippen molar-refractivity contribution in [3.8, 4) is 0 Å². The molecule has 1 aromatic heterocycles. The van der Waals surface area contributed by atoms with E-state index in [4.69, 9.17) is 4.74 Å². The summed E-state index contributed by atoms with van der Waals surface area (Å²) in [6.07, 6.45) is 1.98. The molecule has 0 bridgehead atoms. The van der Waals surface area contributed by atoms with Gasteiger partial charge in [0.1, 0.15) is 5.82 Å². The molecule has 2 heterocycles. The van der Waals surface area contributed by atoms with Crippen molar-refractivity contribution in [2.24, 2.45) is 0 Å². The highest BCUT2D eigenvalue weighted by Crippen LogP contribution is 2.36. The van der Waals surface area contributed by atoms with E-state index in [1.165, 1.54) is 6.07 Å². The molecule has 1 aliphatic heterocycles. The third-order valence-corrected chi connectivity index (χ3v) is 3.94. The van der Waals surface area contributed by atoms with Crippen LogP contribution in [0.4, 0.5) is 4.39 Å². The number of nitrogens with zero attached hydrogens (tertiary/aromatic N) is 1. The van der Waals surface area contributed by atoms with E-state index in [0.29, 0.717) is 10.9 Å². The molecular weight excluding hydrogens is 297 g/mol. The maximum absolute atomic E-state index is 14.1. The normalized spacial score (nSPS) is 19.6. The molecular formula is C14H13BrFNO. The minimum Gasteiger partial charge on any atom is -0.374 e. The fourth-order valence-electron chi connectivity index (χ4n) is 2.51. The van der Waals surface area contributed by atoms with Crippen molar-refractivity contribution in [1.29, 1.82) is 0 Å². The van der Waals surface area contributed by atoms with Gasteiger partial charge >= 0.3 is 0 Å². The second-order valence-electron chi connectivity index (χ2n) is 4.61. The Kier molecular flexibility index (Phi) is 3.08. The first-order valence-electron chi connectivity index (χ1n) is 6.03. The Bertz CT molecular complexity index is 608.